The van der Waals surface area contributed by atoms with Gasteiger partial charge in [-0.2, -0.15) is 0 Å². The van der Waals surface area contributed by atoms with Gasteiger partial charge in [0, 0.05) is 10.6 Å². The lowest BCUT2D eigenvalue weighted by Crippen LogP contribution is -2.24. The monoisotopic (exact) mass is 390 g/mol. The number of hydrogen-bond donors (Lipinski definition) is 0. The van der Waals surface area contributed by atoms with Crippen molar-refractivity contribution in [3.05, 3.63) is 67.6 Å². The summed E-state index contributed by atoms with van der Waals surface area (Å²) in [4.78, 5) is 24.5. The van der Waals surface area contributed by atoms with Crippen LogP contribution in [0.15, 0.2) is 36.4 Å². The van der Waals surface area contributed by atoms with Crippen LogP contribution in [0.4, 0.5) is 0 Å². The second-order valence-corrected chi connectivity index (χ2v) is 6.27. The predicted molar refractivity (Wildman–Crippen MR) is 92.1 cm³/mol. The van der Waals surface area contributed by atoms with E-state index in [1.54, 1.807) is 24.3 Å². The predicted octanol–water partition coefficient (Wildman–Crippen LogP) is 5.73. The first-order valence-electron chi connectivity index (χ1n) is 6.45. The van der Waals surface area contributed by atoms with Crippen molar-refractivity contribution in [1.82, 2.24) is 0 Å². The zero-order valence-corrected chi connectivity index (χ0v) is 14.8. The molecule has 0 heterocycles. The van der Waals surface area contributed by atoms with Crippen molar-refractivity contribution in [3.8, 4) is 0 Å². The minimum absolute atomic E-state index is 0.0182. The molecule has 0 aliphatic rings. The zero-order chi connectivity index (χ0) is 17.1. The van der Waals surface area contributed by atoms with Gasteiger partial charge in [-0.25, -0.2) is 4.79 Å². The first-order valence-corrected chi connectivity index (χ1v) is 7.96. The molecule has 0 bridgehead atoms. The van der Waals surface area contributed by atoms with Gasteiger partial charge in [-0.3, -0.25) is 4.79 Å². The Labute approximate surface area is 153 Å². The third-order valence-electron chi connectivity index (χ3n) is 3.03. The molecule has 0 aromatic heterocycles. The van der Waals surface area contributed by atoms with Crippen LogP contribution in [0.5, 0.6) is 0 Å². The van der Waals surface area contributed by atoms with Crippen molar-refractivity contribution >= 4 is 58.2 Å². The van der Waals surface area contributed by atoms with Crippen LogP contribution in [0, 0.1) is 0 Å². The molecular formula is C16H10Cl4O3. The Balaban J connectivity index is 2.18. The fraction of sp³-hybridized carbons (Fsp3) is 0.125. The molecular weight excluding hydrogens is 382 g/mol. The highest BCUT2D eigenvalue weighted by atomic mass is 35.5. The van der Waals surface area contributed by atoms with Crippen LogP contribution in [0.2, 0.25) is 20.1 Å². The number of esters is 1. The molecule has 2 aromatic rings. The van der Waals surface area contributed by atoms with Crippen LogP contribution in [-0.4, -0.2) is 17.9 Å². The van der Waals surface area contributed by atoms with Crippen LogP contribution in [0.1, 0.15) is 27.6 Å². The van der Waals surface area contributed by atoms with Crippen LogP contribution in [0.25, 0.3) is 0 Å². The molecule has 23 heavy (non-hydrogen) atoms. The first kappa shape index (κ1) is 18.1. The fourth-order valence-corrected chi connectivity index (χ4v) is 2.64. The number of carbonyl (C=O) groups is 2. The van der Waals surface area contributed by atoms with Gasteiger partial charge < -0.3 is 4.74 Å². The van der Waals surface area contributed by atoms with E-state index in [1.807, 2.05) is 0 Å². The molecule has 0 radical (unpaired) electrons. The number of benzene rings is 2. The molecule has 0 N–H and O–H groups in total. The van der Waals surface area contributed by atoms with E-state index in [2.05, 4.69) is 0 Å². The summed E-state index contributed by atoms with van der Waals surface area (Å²) in [6.07, 6.45) is -1.02. The Morgan fingerprint density at radius 2 is 1.48 bits per heavy atom. The molecule has 0 saturated carbocycles. The molecule has 7 heteroatoms. The van der Waals surface area contributed by atoms with Crippen LogP contribution < -0.4 is 0 Å². The second kappa shape index (κ2) is 7.54. The first-order chi connectivity index (χ1) is 10.8. The summed E-state index contributed by atoms with van der Waals surface area (Å²) in [5.41, 5.74) is 0.301. The standard InChI is InChI=1S/C16H10Cl4O3/c1-8(15(21)9-2-4-10(17)5-3-9)23-16(22)13-11(18)6-7-12(19)14(13)20/h2-8H,1H3/t8-/m0/s1. The lowest BCUT2D eigenvalue weighted by atomic mass is 10.1. The molecule has 2 rings (SSSR count). The average molecular weight is 392 g/mol. The van der Waals surface area contributed by atoms with Crippen LogP contribution in [0.3, 0.4) is 0 Å². The van der Waals surface area contributed by atoms with Crippen LogP contribution in [-0.2, 0) is 4.74 Å². The highest BCUT2D eigenvalue weighted by molar-refractivity contribution is 6.46. The van der Waals surface area contributed by atoms with E-state index in [4.69, 9.17) is 51.1 Å². The Kier molecular flexibility index (Phi) is 5.93. The summed E-state index contributed by atoms with van der Waals surface area (Å²) in [5, 5.41) is 0.745. The molecule has 120 valence electrons. The molecule has 2 aromatic carbocycles. The smallest absolute Gasteiger partial charge is 0.341 e. The number of halogens is 4. The average Bonchev–Trinajstić information content (AvgIpc) is 2.51. The highest BCUT2D eigenvalue weighted by Crippen LogP contribution is 2.32. The number of carbonyl (C=O) groups excluding carboxylic acids is 2. The number of hydrogen-bond acceptors (Lipinski definition) is 3. The Hall–Kier alpha value is -1.26. The Morgan fingerprint density at radius 1 is 0.913 bits per heavy atom. The van der Waals surface area contributed by atoms with Gasteiger partial charge in [0.25, 0.3) is 0 Å². The Bertz CT molecular complexity index is 757. The van der Waals surface area contributed by atoms with Gasteiger partial charge in [0.15, 0.2) is 6.10 Å². The summed E-state index contributed by atoms with van der Waals surface area (Å²) < 4.78 is 5.15. The van der Waals surface area contributed by atoms with E-state index in [1.165, 1.54) is 19.1 Å². The van der Waals surface area contributed by atoms with Gasteiger partial charge >= 0.3 is 5.97 Å². The number of Topliss-reactive ketones (excluding diaryl/α,β-unsaturated/α-hetero) is 1. The maximum absolute atomic E-state index is 12.2. The largest absolute Gasteiger partial charge is 0.451 e. The Morgan fingerprint density at radius 3 is 2.09 bits per heavy atom. The van der Waals surface area contributed by atoms with E-state index in [-0.39, 0.29) is 26.4 Å². The van der Waals surface area contributed by atoms with Crippen LogP contribution >= 0.6 is 46.4 Å². The molecule has 0 saturated heterocycles. The minimum Gasteiger partial charge on any atom is -0.451 e. The van der Waals surface area contributed by atoms with Crippen molar-refractivity contribution in [2.45, 2.75) is 13.0 Å². The molecule has 0 amide bonds. The number of ketones is 1. The lowest BCUT2D eigenvalue weighted by Gasteiger charge is -2.14. The van der Waals surface area contributed by atoms with Crippen molar-refractivity contribution in [1.29, 1.82) is 0 Å². The molecule has 0 fully saturated rings. The van der Waals surface area contributed by atoms with E-state index >= 15 is 0 Å². The van der Waals surface area contributed by atoms with Gasteiger partial charge in [0.05, 0.1) is 20.6 Å². The maximum atomic E-state index is 12.2. The molecule has 0 spiro atoms. The van der Waals surface area contributed by atoms with Crippen molar-refractivity contribution in [3.63, 3.8) is 0 Å². The number of ether oxygens (including phenoxy) is 1. The molecule has 0 unspecified atom stereocenters. The van der Waals surface area contributed by atoms with E-state index < -0.39 is 12.1 Å². The summed E-state index contributed by atoms with van der Waals surface area (Å²) in [5.74, 6) is -1.19. The SMILES string of the molecule is C[C@H](OC(=O)c1c(Cl)ccc(Cl)c1Cl)C(=O)c1ccc(Cl)cc1. The third kappa shape index (κ3) is 4.18. The summed E-state index contributed by atoms with van der Waals surface area (Å²) >= 11 is 23.6. The quantitative estimate of drug-likeness (QED) is 0.379. The third-order valence-corrected chi connectivity index (χ3v) is 4.40. The van der Waals surface area contributed by atoms with Gasteiger partial charge in [0.1, 0.15) is 0 Å². The fourth-order valence-electron chi connectivity index (χ4n) is 1.84. The summed E-state index contributed by atoms with van der Waals surface area (Å²) in [6.45, 7) is 1.46. The lowest BCUT2D eigenvalue weighted by molar-refractivity contribution is 0.0319. The van der Waals surface area contributed by atoms with Gasteiger partial charge in [0.2, 0.25) is 5.78 Å². The van der Waals surface area contributed by atoms with E-state index in [0.717, 1.165) is 0 Å². The number of rotatable bonds is 4. The van der Waals surface area contributed by atoms with Crippen molar-refractivity contribution in [2.24, 2.45) is 0 Å². The molecule has 3 nitrogen and oxygen atoms in total. The topological polar surface area (TPSA) is 43.4 Å². The normalized spacial score (nSPS) is 11.9. The van der Waals surface area contributed by atoms with E-state index in [9.17, 15) is 9.59 Å². The van der Waals surface area contributed by atoms with E-state index in [0.29, 0.717) is 10.6 Å². The molecule has 0 aliphatic heterocycles. The summed E-state index contributed by atoms with van der Waals surface area (Å²) in [6, 6.07) is 9.15. The van der Waals surface area contributed by atoms with Gasteiger partial charge in [-0.15, -0.1) is 0 Å². The molecule has 1 atom stereocenters. The summed E-state index contributed by atoms with van der Waals surface area (Å²) in [7, 11) is 0. The van der Waals surface area contributed by atoms with Gasteiger partial charge in [-0.05, 0) is 43.3 Å². The molecule has 0 aliphatic carbocycles. The van der Waals surface area contributed by atoms with Crippen molar-refractivity contribution in [2.75, 3.05) is 0 Å². The van der Waals surface area contributed by atoms with Gasteiger partial charge in [-0.1, -0.05) is 46.4 Å². The second-order valence-electron chi connectivity index (χ2n) is 4.64. The highest BCUT2D eigenvalue weighted by Gasteiger charge is 2.24. The maximum Gasteiger partial charge on any atom is 0.341 e. The zero-order valence-electron chi connectivity index (χ0n) is 11.8. The minimum atomic E-state index is -1.02. The van der Waals surface area contributed by atoms with Crippen molar-refractivity contribution < 1.29 is 14.3 Å².